The van der Waals surface area contributed by atoms with Gasteiger partial charge in [0.25, 0.3) is 0 Å². The summed E-state index contributed by atoms with van der Waals surface area (Å²) < 4.78 is 16.5. The fourth-order valence-corrected chi connectivity index (χ4v) is 4.14. The number of oxazole rings is 1. The Labute approximate surface area is 194 Å². The molecule has 1 saturated heterocycles. The Hall–Kier alpha value is -3.32. The highest BCUT2D eigenvalue weighted by molar-refractivity contribution is 5.76. The van der Waals surface area contributed by atoms with Crippen molar-refractivity contribution < 1.29 is 18.7 Å². The van der Waals surface area contributed by atoms with E-state index in [1.54, 1.807) is 20.4 Å². The van der Waals surface area contributed by atoms with Crippen LogP contribution in [0, 0.1) is 0 Å². The number of rotatable bonds is 9. The predicted molar refractivity (Wildman–Crippen MR) is 126 cm³/mol. The molecule has 33 heavy (non-hydrogen) atoms. The fraction of sp³-hybridized carbons (Fsp3) is 0.385. The number of ether oxygens (including phenoxy) is 2. The van der Waals surface area contributed by atoms with Crippen molar-refractivity contribution in [2.24, 2.45) is 0 Å². The zero-order valence-corrected chi connectivity index (χ0v) is 19.3. The number of carbonyl (C=O) groups is 1. The Bertz CT molecular complexity index is 1040. The second kappa shape index (κ2) is 11.0. The summed E-state index contributed by atoms with van der Waals surface area (Å²) in [6.07, 6.45) is 4.44. The van der Waals surface area contributed by atoms with Crippen LogP contribution < -0.4 is 14.8 Å². The van der Waals surface area contributed by atoms with Crippen LogP contribution in [0.4, 0.5) is 0 Å². The number of likely N-dealkylation sites (tertiary alicyclic amines) is 1. The fourth-order valence-electron chi connectivity index (χ4n) is 4.14. The van der Waals surface area contributed by atoms with Crippen molar-refractivity contribution in [2.45, 2.75) is 38.3 Å². The SMILES string of the molecule is COc1ccc(-c2cnc(CCC(=O)NC3CCN(Cc4ccccc4OC)CC3)o2)cc1. The molecule has 174 valence electrons. The predicted octanol–water partition coefficient (Wildman–Crippen LogP) is 4.07. The van der Waals surface area contributed by atoms with Gasteiger partial charge in [-0.2, -0.15) is 0 Å². The number of hydrogen-bond acceptors (Lipinski definition) is 6. The van der Waals surface area contributed by atoms with Crippen LogP contribution in [0.5, 0.6) is 11.5 Å². The largest absolute Gasteiger partial charge is 0.497 e. The van der Waals surface area contributed by atoms with E-state index in [4.69, 9.17) is 13.9 Å². The number of carbonyl (C=O) groups excluding carboxylic acids is 1. The quantitative estimate of drug-likeness (QED) is 0.531. The summed E-state index contributed by atoms with van der Waals surface area (Å²) in [6.45, 7) is 2.77. The Morgan fingerprint density at radius 2 is 1.85 bits per heavy atom. The van der Waals surface area contributed by atoms with Gasteiger partial charge in [0.05, 0.1) is 20.4 Å². The van der Waals surface area contributed by atoms with Crippen LogP contribution in [0.15, 0.2) is 59.1 Å². The van der Waals surface area contributed by atoms with Gasteiger partial charge in [-0.1, -0.05) is 18.2 Å². The van der Waals surface area contributed by atoms with Crippen molar-refractivity contribution in [3.05, 3.63) is 66.2 Å². The highest BCUT2D eigenvalue weighted by Gasteiger charge is 2.21. The minimum atomic E-state index is 0.0439. The van der Waals surface area contributed by atoms with Crippen LogP contribution >= 0.6 is 0 Å². The van der Waals surface area contributed by atoms with Crippen LogP contribution in [0.1, 0.15) is 30.7 Å². The maximum atomic E-state index is 12.5. The van der Waals surface area contributed by atoms with E-state index in [0.717, 1.165) is 49.5 Å². The second-order valence-electron chi connectivity index (χ2n) is 8.28. The first-order valence-electron chi connectivity index (χ1n) is 11.4. The molecule has 1 N–H and O–H groups in total. The first-order valence-corrected chi connectivity index (χ1v) is 11.4. The molecular weight excluding hydrogens is 418 g/mol. The van der Waals surface area contributed by atoms with Crippen molar-refractivity contribution in [2.75, 3.05) is 27.3 Å². The van der Waals surface area contributed by atoms with Gasteiger partial charge < -0.3 is 19.2 Å². The summed E-state index contributed by atoms with van der Waals surface area (Å²) in [5, 5.41) is 3.17. The van der Waals surface area contributed by atoms with Gasteiger partial charge in [0.2, 0.25) is 5.91 Å². The third kappa shape index (κ3) is 6.14. The molecule has 3 aromatic rings. The third-order valence-electron chi connectivity index (χ3n) is 6.03. The summed E-state index contributed by atoms with van der Waals surface area (Å²) in [7, 11) is 3.34. The summed E-state index contributed by atoms with van der Waals surface area (Å²) in [6, 6.07) is 16.0. The van der Waals surface area contributed by atoms with Gasteiger partial charge in [-0.05, 0) is 43.2 Å². The van der Waals surface area contributed by atoms with E-state index in [9.17, 15) is 4.79 Å². The van der Waals surface area contributed by atoms with E-state index < -0.39 is 0 Å². The van der Waals surface area contributed by atoms with E-state index in [1.165, 1.54) is 5.56 Å². The number of nitrogens with zero attached hydrogens (tertiary/aromatic N) is 2. The number of amides is 1. The number of hydrogen-bond donors (Lipinski definition) is 1. The molecule has 2 aromatic carbocycles. The molecule has 4 rings (SSSR count). The molecule has 1 aliphatic rings. The average Bonchev–Trinajstić information content (AvgIpc) is 3.33. The molecule has 0 atom stereocenters. The lowest BCUT2D eigenvalue weighted by molar-refractivity contribution is -0.122. The number of nitrogens with one attached hydrogen (secondary N) is 1. The normalized spacial score (nSPS) is 14.7. The first kappa shape index (κ1) is 22.9. The minimum absolute atomic E-state index is 0.0439. The van der Waals surface area contributed by atoms with Crippen LogP contribution in [-0.2, 0) is 17.8 Å². The molecular formula is C26H31N3O4. The number of methoxy groups -OCH3 is 2. The summed E-state index contributed by atoms with van der Waals surface area (Å²) >= 11 is 0. The van der Waals surface area contributed by atoms with Crippen LogP contribution in [-0.4, -0.2) is 49.1 Å². The van der Waals surface area contributed by atoms with Crippen LogP contribution in [0.25, 0.3) is 11.3 Å². The van der Waals surface area contributed by atoms with Gasteiger partial charge in [-0.15, -0.1) is 0 Å². The van der Waals surface area contributed by atoms with Crippen molar-refractivity contribution in [1.82, 2.24) is 15.2 Å². The molecule has 7 heteroatoms. The van der Waals surface area contributed by atoms with E-state index in [-0.39, 0.29) is 11.9 Å². The monoisotopic (exact) mass is 449 g/mol. The topological polar surface area (TPSA) is 76.8 Å². The molecule has 0 unspecified atom stereocenters. The Morgan fingerprint density at radius 3 is 2.58 bits per heavy atom. The van der Waals surface area contributed by atoms with E-state index >= 15 is 0 Å². The molecule has 1 aromatic heterocycles. The molecule has 0 aliphatic carbocycles. The maximum absolute atomic E-state index is 12.5. The van der Waals surface area contributed by atoms with Crippen molar-refractivity contribution in [3.8, 4) is 22.8 Å². The molecule has 0 spiro atoms. The number of aryl methyl sites for hydroxylation is 1. The second-order valence-corrected chi connectivity index (χ2v) is 8.28. The summed E-state index contributed by atoms with van der Waals surface area (Å²) in [5.41, 5.74) is 2.13. The maximum Gasteiger partial charge on any atom is 0.220 e. The zero-order chi connectivity index (χ0) is 23.0. The molecule has 1 fully saturated rings. The van der Waals surface area contributed by atoms with Gasteiger partial charge in [-0.3, -0.25) is 9.69 Å². The van der Waals surface area contributed by atoms with E-state index in [2.05, 4.69) is 21.3 Å². The summed E-state index contributed by atoms with van der Waals surface area (Å²) in [5.74, 6) is 3.02. The van der Waals surface area contributed by atoms with Crippen molar-refractivity contribution in [1.29, 1.82) is 0 Å². The Balaban J connectivity index is 1.20. The smallest absolute Gasteiger partial charge is 0.220 e. The molecule has 0 bridgehead atoms. The molecule has 7 nitrogen and oxygen atoms in total. The van der Waals surface area contributed by atoms with Gasteiger partial charge >= 0.3 is 0 Å². The first-order chi connectivity index (χ1) is 16.1. The third-order valence-corrected chi connectivity index (χ3v) is 6.03. The van der Waals surface area contributed by atoms with Gasteiger partial charge in [0, 0.05) is 49.6 Å². The Morgan fingerprint density at radius 1 is 1.09 bits per heavy atom. The minimum Gasteiger partial charge on any atom is -0.497 e. The average molecular weight is 450 g/mol. The lowest BCUT2D eigenvalue weighted by Crippen LogP contribution is -2.44. The lowest BCUT2D eigenvalue weighted by Gasteiger charge is -2.32. The molecule has 1 amide bonds. The lowest BCUT2D eigenvalue weighted by atomic mass is 10.0. The molecule has 1 aliphatic heterocycles. The highest BCUT2D eigenvalue weighted by Crippen LogP contribution is 2.24. The standard InChI is InChI=1S/C26H31N3O4/c1-31-22-9-7-19(8-10-22)24-17-27-26(33-24)12-11-25(30)28-21-13-15-29(16-14-21)18-20-5-3-4-6-23(20)32-2/h3-10,17,21H,11-16,18H2,1-2H3,(H,28,30). The summed E-state index contributed by atoms with van der Waals surface area (Å²) in [4.78, 5) is 19.2. The van der Waals surface area contributed by atoms with Crippen molar-refractivity contribution in [3.63, 3.8) is 0 Å². The number of para-hydroxylation sites is 1. The molecule has 2 heterocycles. The van der Waals surface area contributed by atoms with Crippen LogP contribution in [0.2, 0.25) is 0 Å². The van der Waals surface area contributed by atoms with Gasteiger partial charge in [0.1, 0.15) is 11.5 Å². The molecule has 0 saturated carbocycles. The number of aromatic nitrogens is 1. The van der Waals surface area contributed by atoms with Crippen LogP contribution in [0.3, 0.4) is 0 Å². The molecule has 0 radical (unpaired) electrons. The van der Waals surface area contributed by atoms with Gasteiger partial charge in [0.15, 0.2) is 11.7 Å². The van der Waals surface area contributed by atoms with E-state index in [0.29, 0.717) is 24.5 Å². The highest BCUT2D eigenvalue weighted by atomic mass is 16.5. The van der Waals surface area contributed by atoms with Crippen molar-refractivity contribution >= 4 is 5.91 Å². The number of benzene rings is 2. The van der Waals surface area contributed by atoms with E-state index in [1.807, 2.05) is 42.5 Å². The Kier molecular flexibility index (Phi) is 7.62. The zero-order valence-electron chi connectivity index (χ0n) is 19.3. The van der Waals surface area contributed by atoms with Gasteiger partial charge in [-0.25, -0.2) is 4.98 Å². The number of piperidine rings is 1.